The SMILES string of the molecule is CS(=O)(=O)CCNC(=O)c1ccc(/C=C/C(=O)O)c(Cl)c1. The average molecular weight is 332 g/mol. The fourth-order valence-corrected chi connectivity index (χ4v) is 2.13. The zero-order valence-electron chi connectivity index (χ0n) is 11.2. The second-order valence-corrected chi connectivity index (χ2v) is 6.96. The molecule has 0 unspecified atom stereocenters. The minimum Gasteiger partial charge on any atom is -0.478 e. The molecule has 0 bridgehead atoms. The quantitative estimate of drug-likeness (QED) is 0.763. The van der Waals surface area contributed by atoms with Crippen molar-refractivity contribution in [3.05, 3.63) is 40.4 Å². The van der Waals surface area contributed by atoms with Crippen LogP contribution in [-0.4, -0.2) is 44.0 Å². The Bertz CT molecular complexity index is 682. The number of rotatable bonds is 6. The second-order valence-electron chi connectivity index (χ2n) is 4.29. The monoisotopic (exact) mass is 331 g/mol. The number of halogens is 1. The molecule has 0 saturated heterocycles. The molecule has 1 aromatic rings. The number of amides is 1. The fourth-order valence-electron chi connectivity index (χ4n) is 1.42. The predicted molar refractivity (Wildman–Crippen MR) is 80.2 cm³/mol. The largest absolute Gasteiger partial charge is 0.478 e. The number of sulfone groups is 1. The molecule has 1 aromatic carbocycles. The lowest BCUT2D eigenvalue weighted by Gasteiger charge is -2.06. The number of carboxylic acid groups (broad SMARTS) is 1. The Labute approximate surface area is 127 Å². The highest BCUT2D eigenvalue weighted by Gasteiger charge is 2.09. The Morgan fingerprint density at radius 2 is 2.05 bits per heavy atom. The average Bonchev–Trinajstić information content (AvgIpc) is 2.35. The van der Waals surface area contributed by atoms with Crippen molar-refractivity contribution >= 4 is 39.4 Å². The lowest BCUT2D eigenvalue weighted by Crippen LogP contribution is -2.28. The van der Waals surface area contributed by atoms with Crippen LogP contribution in [0.15, 0.2) is 24.3 Å². The third-order valence-corrected chi connectivity index (χ3v) is 3.70. The zero-order chi connectivity index (χ0) is 16.0. The summed E-state index contributed by atoms with van der Waals surface area (Å²) >= 11 is 5.94. The van der Waals surface area contributed by atoms with Gasteiger partial charge in [0, 0.05) is 29.5 Å². The fraction of sp³-hybridized carbons (Fsp3) is 0.231. The summed E-state index contributed by atoms with van der Waals surface area (Å²) in [6, 6.07) is 4.37. The smallest absolute Gasteiger partial charge is 0.328 e. The van der Waals surface area contributed by atoms with Crippen molar-refractivity contribution in [2.24, 2.45) is 0 Å². The zero-order valence-corrected chi connectivity index (χ0v) is 12.7. The molecule has 0 saturated carbocycles. The normalized spacial score (nSPS) is 11.5. The van der Waals surface area contributed by atoms with Gasteiger partial charge in [0.25, 0.3) is 5.91 Å². The van der Waals surface area contributed by atoms with Crippen LogP contribution in [0, 0.1) is 0 Å². The van der Waals surface area contributed by atoms with Crippen LogP contribution in [0.2, 0.25) is 5.02 Å². The van der Waals surface area contributed by atoms with Crippen molar-refractivity contribution < 1.29 is 23.1 Å². The second kappa shape index (κ2) is 7.24. The molecule has 0 spiro atoms. The Hall–Kier alpha value is -1.86. The first-order valence-corrected chi connectivity index (χ1v) is 8.29. The molecule has 1 rings (SSSR count). The van der Waals surface area contributed by atoms with Gasteiger partial charge in [-0.2, -0.15) is 0 Å². The standard InChI is InChI=1S/C13H14ClNO5S/c1-21(19,20)7-6-15-13(18)10-3-2-9(11(14)8-10)4-5-12(16)17/h2-5,8H,6-7H2,1H3,(H,15,18)(H,16,17)/b5-4+. The first-order chi connectivity index (χ1) is 9.69. The van der Waals surface area contributed by atoms with Gasteiger partial charge in [0.2, 0.25) is 0 Å². The summed E-state index contributed by atoms with van der Waals surface area (Å²) in [5.74, 6) is -1.70. The maximum Gasteiger partial charge on any atom is 0.328 e. The molecule has 0 aliphatic heterocycles. The van der Waals surface area contributed by atoms with Gasteiger partial charge in [-0.15, -0.1) is 0 Å². The van der Waals surface area contributed by atoms with Gasteiger partial charge in [0.1, 0.15) is 9.84 Å². The number of benzene rings is 1. The molecule has 0 aromatic heterocycles. The number of hydrogen-bond donors (Lipinski definition) is 2. The molecule has 0 fully saturated rings. The molecule has 6 nitrogen and oxygen atoms in total. The van der Waals surface area contributed by atoms with Crippen LogP contribution in [0.4, 0.5) is 0 Å². The third kappa shape index (κ3) is 6.42. The summed E-state index contributed by atoms with van der Waals surface area (Å²) in [6.45, 7) is 0.00988. The van der Waals surface area contributed by atoms with Crippen LogP contribution in [0.3, 0.4) is 0 Å². The van der Waals surface area contributed by atoms with E-state index in [9.17, 15) is 18.0 Å². The van der Waals surface area contributed by atoms with Crippen molar-refractivity contribution in [3.63, 3.8) is 0 Å². The highest BCUT2D eigenvalue weighted by Crippen LogP contribution is 2.19. The number of carboxylic acids is 1. The van der Waals surface area contributed by atoms with Crippen molar-refractivity contribution in [2.45, 2.75) is 0 Å². The van der Waals surface area contributed by atoms with E-state index in [4.69, 9.17) is 16.7 Å². The van der Waals surface area contributed by atoms with Gasteiger partial charge in [0.05, 0.1) is 5.75 Å². The van der Waals surface area contributed by atoms with E-state index >= 15 is 0 Å². The molecular formula is C13H14ClNO5S. The van der Waals surface area contributed by atoms with E-state index in [0.29, 0.717) is 5.56 Å². The predicted octanol–water partition coefficient (Wildman–Crippen LogP) is 1.21. The van der Waals surface area contributed by atoms with Crippen molar-refractivity contribution in [1.82, 2.24) is 5.32 Å². The van der Waals surface area contributed by atoms with E-state index in [-0.39, 0.29) is 22.9 Å². The van der Waals surface area contributed by atoms with Crippen LogP contribution < -0.4 is 5.32 Å². The van der Waals surface area contributed by atoms with Crippen LogP contribution in [-0.2, 0) is 14.6 Å². The Kier molecular flexibility index (Phi) is 5.92. The number of nitrogens with one attached hydrogen (secondary N) is 1. The van der Waals surface area contributed by atoms with E-state index in [1.165, 1.54) is 24.3 Å². The Balaban J connectivity index is 2.74. The van der Waals surface area contributed by atoms with E-state index in [1.807, 2.05) is 0 Å². The minimum absolute atomic E-state index is 0.00988. The summed E-state index contributed by atoms with van der Waals surface area (Å²) in [7, 11) is -3.14. The summed E-state index contributed by atoms with van der Waals surface area (Å²) in [4.78, 5) is 22.2. The topological polar surface area (TPSA) is 101 Å². The maximum absolute atomic E-state index is 11.8. The van der Waals surface area contributed by atoms with Crippen LogP contribution in [0.5, 0.6) is 0 Å². The van der Waals surface area contributed by atoms with Gasteiger partial charge in [-0.3, -0.25) is 4.79 Å². The molecule has 2 N–H and O–H groups in total. The van der Waals surface area contributed by atoms with Gasteiger partial charge in [-0.1, -0.05) is 17.7 Å². The molecule has 0 atom stereocenters. The third-order valence-electron chi connectivity index (χ3n) is 2.43. The lowest BCUT2D eigenvalue weighted by atomic mass is 10.1. The summed E-state index contributed by atoms with van der Waals surface area (Å²) < 4.78 is 21.9. The van der Waals surface area contributed by atoms with Crippen LogP contribution in [0.1, 0.15) is 15.9 Å². The first kappa shape index (κ1) is 17.2. The van der Waals surface area contributed by atoms with E-state index in [1.54, 1.807) is 0 Å². The molecule has 1 amide bonds. The first-order valence-electron chi connectivity index (χ1n) is 5.85. The number of hydrogen-bond acceptors (Lipinski definition) is 4. The molecule has 0 heterocycles. The minimum atomic E-state index is -3.14. The summed E-state index contributed by atoms with van der Waals surface area (Å²) in [5.41, 5.74) is 0.729. The summed E-state index contributed by atoms with van der Waals surface area (Å²) in [5, 5.41) is 11.2. The molecular weight excluding hydrogens is 318 g/mol. The van der Waals surface area contributed by atoms with E-state index < -0.39 is 21.7 Å². The molecule has 21 heavy (non-hydrogen) atoms. The molecule has 0 radical (unpaired) electrons. The Morgan fingerprint density at radius 1 is 1.38 bits per heavy atom. The molecule has 114 valence electrons. The van der Waals surface area contributed by atoms with Gasteiger partial charge in [0.15, 0.2) is 0 Å². The number of carbonyl (C=O) groups is 2. The highest BCUT2D eigenvalue weighted by atomic mass is 35.5. The Morgan fingerprint density at radius 3 is 2.57 bits per heavy atom. The van der Waals surface area contributed by atoms with E-state index in [2.05, 4.69) is 5.32 Å². The van der Waals surface area contributed by atoms with Crippen LogP contribution >= 0.6 is 11.6 Å². The maximum atomic E-state index is 11.8. The van der Waals surface area contributed by atoms with Crippen molar-refractivity contribution in [3.8, 4) is 0 Å². The number of carbonyl (C=O) groups excluding carboxylic acids is 1. The van der Waals surface area contributed by atoms with Gasteiger partial charge < -0.3 is 10.4 Å². The molecule has 8 heteroatoms. The lowest BCUT2D eigenvalue weighted by molar-refractivity contribution is -0.131. The van der Waals surface area contributed by atoms with E-state index in [0.717, 1.165) is 12.3 Å². The summed E-state index contributed by atoms with van der Waals surface area (Å²) in [6.07, 6.45) is 3.34. The van der Waals surface area contributed by atoms with Crippen molar-refractivity contribution in [1.29, 1.82) is 0 Å². The molecule has 0 aliphatic carbocycles. The van der Waals surface area contributed by atoms with Crippen molar-refractivity contribution in [2.75, 3.05) is 18.6 Å². The molecule has 0 aliphatic rings. The van der Waals surface area contributed by atoms with Gasteiger partial charge >= 0.3 is 5.97 Å². The van der Waals surface area contributed by atoms with Gasteiger partial charge in [-0.25, -0.2) is 13.2 Å². The highest BCUT2D eigenvalue weighted by molar-refractivity contribution is 7.90. The van der Waals surface area contributed by atoms with Gasteiger partial charge in [-0.05, 0) is 23.8 Å². The van der Waals surface area contributed by atoms with Crippen LogP contribution in [0.25, 0.3) is 6.08 Å². The number of aliphatic carboxylic acids is 1.